The first-order valence-corrected chi connectivity index (χ1v) is 5.51. The zero-order valence-electron chi connectivity index (χ0n) is 8.82. The number of halogens is 2. The minimum absolute atomic E-state index is 0.0389. The Kier molecular flexibility index (Phi) is 2.97. The molecule has 0 aliphatic rings. The normalized spacial score (nSPS) is 10.5. The van der Waals surface area contributed by atoms with Crippen LogP contribution in [-0.2, 0) is 7.05 Å². The molecule has 1 heterocycles. The summed E-state index contributed by atoms with van der Waals surface area (Å²) in [6, 6.07) is 5.91. The van der Waals surface area contributed by atoms with Crippen LogP contribution in [0.4, 0.5) is 4.39 Å². The Balaban J connectivity index is 2.52. The molecule has 4 nitrogen and oxygen atoms in total. The zero-order chi connectivity index (χ0) is 12.6. The molecule has 0 aliphatic heterocycles. The predicted octanol–water partition coefficient (Wildman–Crippen LogP) is 2.69. The van der Waals surface area contributed by atoms with Gasteiger partial charge in [0.15, 0.2) is 5.69 Å². The van der Waals surface area contributed by atoms with Crippen molar-refractivity contribution in [2.45, 2.75) is 0 Å². The summed E-state index contributed by atoms with van der Waals surface area (Å²) >= 11 is 3.08. The van der Waals surface area contributed by atoms with Crippen LogP contribution in [0.2, 0.25) is 0 Å². The molecular formula is C11H8BrFN2O2. The smallest absolute Gasteiger partial charge is 0.356 e. The Labute approximate surface area is 105 Å². The van der Waals surface area contributed by atoms with Crippen LogP contribution in [0.15, 0.2) is 28.7 Å². The van der Waals surface area contributed by atoms with E-state index in [0.29, 0.717) is 15.7 Å². The van der Waals surface area contributed by atoms with Crippen molar-refractivity contribution < 1.29 is 14.3 Å². The first kappa shape index (κ1) is 11.8. The van der Waals surface area contributed by atoms with Gasteiger partial charge in [0.05, 0.1) is 10.2 Å². The van der Waals surface area contributed by atoms with Crippen LogP contribution in [0, 0.1) is 5.82 Å². The van der Waals surface area contributed by atoms with Gasteiger partial charge in [0, 0.05) is 12.6 Å². The Hall–Kier alpha value is -1.69. The molecule has 1 aromatic carbocycles. The van der Waals surface area contributed by atoms with Crippen LogP contribution < -0.4 is 0 Å². The quantitative estimate of drug-likeness (QED) is 0.927. The fraction of sp³-hybridized carbons (Fsp3) is 0.0909. The van der Waals surface area contributed by atoms with Crippen molar-refractivity contribution in [3.63, 3.8) is 0 Å². The molecule has 0 radical (unpaired) electrons. The summed E-state index contributed by atoms with van der Waals surface area (Å²) in [6.45, 7) is 0. The number of nitrogens with zero attached hydrogens (tertiary/aromatic N) is 2. The van der Waals surface area contributed by atoms with Crippen molar-refractivity contribution in [3.8, 4) is 11.3 Å². The number of aromatic carboxylic acids is 1. The molecule has 17 heavy (non-hydrogen) atoms. The van der Waals surface area contributed by atoms with Gasteiger partial charge in [-0.25, -0.2) is 9.18 Å². The first-order chi connectivity index (χ1) is 7.99. The SMILES string of the molecule is Cn1nc(C(=O)O)cc1-c1ccc(F)c(Br)c1. The number of rotatable bonds is 2. The van der Waals surface area contributed by atoms with Gasteiger partial charge in [0.1, 0.15) is 5.82 Å². The first-order valence-electron chi connectivity index (χ1n) is 4.72. The summed E-state index contributed by atoms with van der Waals surface area (Å²) < 4.78 is 14.9. The number of benzene rings is 1. The highest BCUT2D eigenvalue weighted by molar-refractivity contribution is 9.10. The maximum Gasteiger partial charge on any atom is 0.356 e. The number of carbonyl (C=O) groups is 1. The molecule has 6 heteroatoms. The van der Waals surface area contributed by atoms with Crippen LogP contribution >= 0.6 is 15.9 Å². The number of carboxylic acids is 1. The van der Waals surface area contributed by atoms with Gasteiger partial charge in [-0.3, -0.25) is 4.68 Å². The summed E-state index contributed by atoms with van der Waals surface area (Å²) in [5, 5.41) is 12.7. The number of aryl methyl sites for hydroxylation is 1. The van der Waals surface area contributed by atoms with Gasteiger partial charge in [-0.05, 0) is 40.2 Å². The Morgan fingerprint density at radius 1 is 1.47 bits per heavy atom. The molecule has 0 saturated heterocycles. The third kappa shape index (κ3) is 2.21. The lowest BCUT2D eigenvalue weighted by Gasteiger charge is -2.02. The van der Waals surface area contributed by atoms with Gasteiger partial charge >= 0.3 is 5.97 Å². The minimum Gasteiger partial charge on any atom is -0.476 e. The zero-order valence-corrected chi connectivity index (χ0v) is 10.4. The summed E-state index contributed by atoms with van der Waals surface area (Å²) in [5.41, 5.74) is 1.27. The van der Waals surface area contributed by atoms with Crippen LogP contribution in [-0.4, -0.2) is 20.9 Å². The van der Waals surface area contributed by atoms with E-state index < -0.39 is 5.97 Å². The average Bonchev–Trinajstić information content (AvgIpc) is 2.65. The van der Waals surface area contributed by atoms with Crippen molar-refractivity contribution in [2.24, 2.45) is 7.05 Å². The molecule has 0 spiro atoms. The van der Waals surface area contributed by atoms with Gasteiger partial charge in [-0.2, -0.15) is 5.10 Å². The van der Waals surface area contributed by atoms with E-state index in [1.165, 1.54) is 16.8 Å². The molecule has 2 aromatic rings. The Morgan fingerprint density at radius 3 is 2.71 bits per heavy atom. The van der Waals surface area contributed by atoms with Crippen LogP contribution in [0.25, 0.3) is 11.3 Å². The van der Waals surface area contributed by atoms with E-state index in [2.05, 4.69) is 21.0 Å². The van der Waals surface area contributed by atoms with Gasteiger partial charge < -0.3 is 5.11 Å². The molecule has 0 unspecified atom stereocenters. The van der Waals surface area contributed by atoms with E-state index in [-0.39, 0.29) is 11.5 Å². The second-order valence-corrected chi connectivity index (χ2v) is 4.33. The second-order valence-electron chi connectivity index (χ2n) is 3.47. The summed E-state index contributed by atoms with van der Waals surface area (Å²) in [4.78, 5) is 10.8. The lowest BCUT2D eigenvalue weighted by atomic mass is 10.1. The van der Waals surface area contributed by atoms with E-state index in [4.69, 9.17) is 5.11 Å². The number of hydrogen-bond acceptors (Lipinski definition) is 2. The van der Waals surface area contributed by atoms with Crippen molar-refractivity contribution in [1.29, 1.82) is 0 Å². The van der Waals surface area contributed by atoms with E-state index in [9.17, 15) is 9.18 Å². The number of hydrogen-bond donors (Lipinski definition) is 1. The molecule has 1 N–H and O–H groups in total. The third-order valence-corrected chi connectivity index (χ3v) is 2.92. The molecule has 0 saturated carbocycles. The molecule has 88 valence electrons. The molecule has 0 amide bonds. The molecule has 0 bridgehead atoms. The highest BCUT2D eigenvalue weighted by Crippen LogP contribution is 2.25. The lowest BCUT2D eigenvalue weighted by Crippen LogP contribution is -1.99. The van der Waals surface area contributed by atoms with Gasteiger partial charge in [-0.1, -0.05) is 0 Å². The summed E-state index contributed by atoms with van der Waals surface area (Å²) in [7, 11) is 1.64. The standard InChI is InChI=1S/C11H8BrFN2O2/c1-15-10(5-9(14-15)11(16)17)6-2-3-8(13)7(12)4-6/h2-5H,1H3,(H,16,17). The predicted molar refractivity (Wildman–Crippen MR) is 63.3 cm³/mol. The number of carboxylic acid groups (broad SMARTS) is 1. The van der Waals surface area contributed by atoms with E-state index >= 15 is 0 Å². The third-order valence-electron chi connectivity index (χ3n) is 2.31. The fourth-order valence-corrected chi connectivity index (χ4v) is 1.88. The molecule has 0 atom stereocenters. The maximum absolute atomic E-state index is 13.1. The Morgan fingerprint density at radius 2 is 2.18 bits per heavy atom. The van der Waals surface area contributed by atoms with E-state index in [0.717, 1.165) is 0 Å². The highest BCUT2D eigenvalue weighted by Gasteiger charge is 2.13. The molecule has 0 aliphatic carbocycles. The Bertz CT molecular complexity index is 595. The highest BCUT2D eigenvalue weighted by atomic mass is 79.9. The van der Waals surface area contributed by atoms with E-state index in [1.807, 2.05) is 0 Å². The van der Waals surface area contributed by atoms with Crippen molar-refractivity contribution >= 4 is 21.9 Å². The average molecular weight is 299 g/mol. The minimum atomic E-state index is -1.09. The molecular weight excluding hydrogens is 291 g/mol. The fourth-order valence-electron chi connectivity index (χ4n) is 1.50. The van der Waals surface area contributed by atoms with Gasteiger partial charge in [0.25, 0.3) is 0 Å². The van der Waals surface area contributed by atoms with Crippen molar-refractivity contribution in [1.82, 2.24) is 9.78 Å². The topological polar surface area (TPSA) is 55.1 Å². The summed E-state index contributed by atoms with van der Waals surface area (Å²) in [5.74, 6) is -1.46. The monoisotopic (exact) mass is 298 g/mol. The lowest BCUT2D eigenvalue weighted by molar-refractivity contribution is 0.0689. The molecule has 1 aromatic heterocycles. The van der Waals surface area contributed by atoms with Gasteiger partial charge in [-0.15, -0.1) is 0 Å². The van der Waals surface area contributed by atoms with Crippen LogP contribution in [0.3, 0.4) is 0 Å². The summed E-state index contributed by atoms with van der Waals surface area (Å²) in [6.07, 6.45) is 0. The van der Waals surface area contributed by atoms with Gasteiger partial charge in [0.2, 0.25) is 0 Å². The largest absolute Gasteiger partial charge is 0.476 e. The van der Waals surface area contributed by atoms with Crippen LogP contribution in [0.1, 0.15) is 10.5 Å². The number of aromatic nitrogens is 2. The molecule has 2 rings (SSSR count). The second kappa shape index (κ2) is 4.29. The van der Waals surface area contributed by atoms with Crippen molar-refractivity contribution in [3.05, 3.63) is 40.2 Å². The maximum atomic E-state index is 13.1. The van der Waals surface area contributed by atoms with Crippen molar-refractivity contribution in [2.75, 3.05) is 0 Å². The van der Waals surface area contributed by atoms with E-state index in [1.54, 1.807) is 19.2 Å². The van der Waals surface area contributed by atoms with Crippen LogP contribution in [0.5, 0.6) is 0 Å². The molecule has 0 fully saturated rings.